The molecule has 0 aromatic heterocycles. The van der Waals surface area contributed by atoms with Crippen molar-refractivity contribution in [3.63, 3.8) is 0 Å². The molecule has 0 aliphatic carbocycles. The molecule has 2 aliphatic heterocycles. The molecule has 2 aromatic rings. The van der Waals surface area contributed by atoms with E-state index in [1.165, 1.54) is 45.0 Å². The average molecular weight is 570 g/mol. The van der Waals surface area contributed by atoms with Gasteiger partial charge < -0.3 is 10.1 Å². The van der Waals surface area contributed by atoms with Gasteiger partial charge in [-0.15, -0.1) is 0 Å². The fourth-order valence-corrected chi connectivity index (χ4v) is 7.88. The van der Waals surface area contributed by atoms with Crippen molar-refractivity contribution in [2.75, 3.05) is 38.1 Å². The summed E-state index contributed by atoms with van der Waals surface area (Å²) in [6.07, 6.45) is 5.15. The Morgan fingerprint density at radius 1 is 0.838 bits per heavy atom. The van der Waals surface area contributed by atoms with Crippen LogP contribution >= 0.6 is 11.6 Å². The Kier molecular flexibility index (Phi) is 8.80. The van der Waals surface area contributed by atoms with Crippen LogP contribution in [0.2, 0.25) is 5.02 Å². The van der Waals surface area contributed by atoms with Crippen molar-refractivity contribution in [3.05, 3.63) is 47.0 Å². The molecule has 2 aromatic carbocycles. The molecule has 0 spiro atoms. The topological polar surface area (TPSA) is 113 Å². The number of carbonyl (C=O) groups excluding carboxylic acids is 1. The van der Waals surface area contributed by atoms with Gasteiger partial charge in [0.15, 0.2) is 0 Å². The first kappa shape index (κ1) is 27.8. The molecule has 2 saturated heterocycles. The van der Waals surface area contributed by atoms with Crippen molar-refractivity contribution in [3.8, 4) is 5.75 Å². The lowest BCUT2D eigenvalue weighted by Gasteiger charge is -2.26. The Hall–Kier alpha value is -2.18. The van der Waals surface area contributed by atoms with Crippen LogP contribution in [-0.2, 0) is 20.0 Å². The van der Waals surface area contributed by atoms with E-state index in [2.05, 4.69) is 5.32 Å². The van der Waals surface area contributed by atoms with Crippen LogP contribution in [0.1, 0.15) is 55.8 Å². The molecule has 0 saturated carbocycles. The second-order valence-electron chi connectivity index (χ2n) is 9.12. The van der Waals surface area contributed by atoms with Gasteiger partial charge in [-0.1, -0.05) is 24.4 Å². The molecule has 0 bridgehead atoms. The molecule has 12 heteroatoms. The van der Waals surface area contributed by atoms with E-state index in [9.17, 15) is 21.6 Å². The number of benzene rings is 2. The van der Waals surface area contributed by atoms with Crippen LogP contribution < -0.4 is 10.1 Å². The molecular weight excluding hydrogens is 538 g/mol. The van der Waals surface area contributed by atoms with Gasteiger partial charge in [-0.05, 0) is 69.0 Å². The minimum absolute atomic E-state index is 0.0181. The number of hydrogen-bond donors (Lipinski definition) is 1. The Bertz CT molecular complexity index is 1350. The number of nitrogens with one attached hydrogen (secondary N) is 1. The summed E-state index contributed by atoms with van der Waals surface area (Å²) in [7, 11) is -7.53. The first-order valence-corrected chi connectivity index (χ1v) is 15.8. The van der Waals surface area contributed by atoms with E-state index < -0.39 is 26.0 Å². The first-order valence-electron chi connectivity index (χ1n) is 12.5. The minimum Gasteiger partial charge on any atom is -0.492 e. The summed E-state index contributed by atoms with van der Waals surface area (Å²) in [4.78, 5) is 13.3. The van der Waals surface area contributed by atoms with Crippen molar-refractivity contribution >= 4 is 43.2 Å². The largest absolute Gasteiger partial charge is 0.492 e. The highest BCUT2D eigenvalue weighted by Crippen LogP contribution is 2.32. The second-order valence-corrected chi connectivity index (χ2v) is 13.4. The molecule has 1 amide bonds. The van der Waals surface area contributed by atoms with E-state index in [-0.39, 0.29) is 26.1 Å². The highest BCUT2D eigenvalue weighted by atomic mass is 35.5. The van der Waals surface area contributed by atoms with Gasteiger partial charge in [-0.3, -0.25) is 4.79 Å². The quantitative estimate of drug-likeness (QED) is 0.506. The van der Waals surface area contributed by atoms with Gasteiger partial charge in [0.25, 0.3) is 5.91 Å². The van der Waals surface area contributed by atoms with Gasteiger partial charge >= 0.3 is 0 Å². The first-order chi connectivity index (χ1) is 17.6. The normalized spacial score (nSPS) is 17.9. The highest BCUT2D eigenvalue weighted by molar-refractivity contribution is 7.89. The van der Waals surface area contributed by atoms with Crippen LogP contribution in [0.5, 0.6) is 5.75 Å². The van der Waals surface area contributed by atoms with Gasteiger partial charge in [0.05, 0.1) is 32.7 Å². The molecule has 0 atom stereocenters. The monoisotopic (exact) mass is 569 g/mol. The van der Waals surface area contributed by atoms with E-state index in [4.69, 9.17) is 16.3 Å². The second kappa shape index (κ2) is 11.7. The fourth-order valence-electron chi connectivity index (χ4n) is 4.59. The molecule has 2 aliphatic rings. The molecule has 9 nitrogen and oxygen atoms in total. The lowest BCUT2D eigenvalue weighted by molar-refractivity contribution is 0.102. The van der Waals surface area contributed by atoms with E-state index in [1.54, 1.807) is 6.92 Å². The summed E-state index contributed by atoms with van der Waals surface area (Å²) >= 11 is 6.30. The molecule has 2 fully saturated rings. The van der Waals surface area contributed by atoms with Crippen LogP contribution in [-0.4, -0.2) is 64.1 Å². The van der Waals surface area contributed by atoms with Gasteiger partial charge in [0, 0.05) is 26.2 Å². The van der Waals surface area contributed by atoms with Crippen molar-refractivity contribution in [1.29, 1.82) is 0 Å². The number of nitrogens with zero attached hydrogens (tertiary/aromatic N) is 2. The zero-order valence-electron chi connectivity index (χ0n) is 20.8. The standard InChI is InChI=1S/C25H32ClN3O6S2/c1-2-35-24-12-10-20(37(33,34)29-15-7-4-8-16-29)18-23(24)27-25(30)21-17-19(9-11-22(21)26)36(31,32)28-13-5-3-6-14-28/h9-12,17-18H,2-8,13-16H2,1H3,(H,27,30). The fraction of sp³-hybridized carbons (Fsp3) is 0.480. The van der Waals surface area contributed by atoms with Crippen molar-refractivity contribution < 1.29 is 26.4 Å². The summed E-state index contributed by atoms with van der Waals surface area (Å²) < 4.78 is 61.2. The van der Waals surface area contributed by atoms with Crippen LogP contribution in [0.4, 0.5) is 5.69 Å². The van der Waals surface area contributed by atoms with Crippen molar-refractivity contribution in [1.82, 2.24) is 8.61 Å². The van der Waals surface area contributed by atoms with Crippen LogP contribution in [0, 0.1) is 0 Å². The third kappa shape index (κ3) is 6.12. The maximum Gasteiger partial charge on any atom is 0.257 e. The lowest BCUT2D eigenvalue weighted by atomic mass is 10.2. The zero-order valence-corrected chi connectivity index (χ0v) is 23.2. The Labute approximate surface area is 223 Å². The van der Waals surface area contributed by atoms with Gasteiger partial charge in [-0.25, -0.2) is 16.8 Å². The van der Waals surface area contributed by atoms with Crippen LogP contribution in [0.25, 0.3) is 0 Å². The molecule has 202 valence electrons. The third-order valence-corrected chi connectivity index (χ3v) is 10.7. The SMILES string of the molecule is CCOc1ccc(S(=O)(=O)N2CCCCC2)cc1NC(=O)c1cc(S(=O)(=O)N2CCCCC2)ccc1Cl. The minimum atomic E-state index is -3.78. The number of hydrogen-bond acceptors (Lipinski definition) is 6. The Morgan fingerprint density at radius 2 is 1.35 bits per heavy atom. The van der Waals surface area contributed by atoms with E-state index >= 15 is 0 Å². The third-order valence-electron chi connectivity index (χ3n) is 6.59. The average Bonchev–Trinajstić information content (AvgIpc) is 2.90. The molecule has 4 rings (SSSR count). The lowest BCUT2D eigenvalue weighted by Crippen LogP contribution is -2.35. The number of halogens is 1. The maximum absolute atomic E-state index is 13.3. The van der Waals surface area contributed by atoms with Crippen molar-refractivity contribution in [2.24, 2.45) is 0 Å². The molecule has 0 radical (unpaired) electrons. The number of sulfonamides is 2. The highest BCUT2D eigenvalue weighted by Gasteiger charge is 2.29. The summed E-state index contributed by atoms with van der Waals surface area (Å²) in [5.41, 5.74) is 0.122. The summed E-state index contributed by atoms with van der Waals surface area (Å²) in [6, 6.07) is 8.37. The smallest absolute Gasteiger partial charge is 0.257 e. The number of carbonyl (C=O) groups is 1. The molecule has 1 N–H and O–H groups in total. The summed E-state index contributed by atoms with van der Waals surface area (Å²) in [6.45, 7) is 3.84. The maximum atomic E-state index is 13.3. The van der Waals surface area contributed by atoms with Gasteiger partial charge in [0.1, 0.15) is 5.75 Å². The van der Waals surface area contributed by atoms with E-state index in [0.29, 0.717) is 38.5 Å². The molecule has 2 heterocycles. The van der Waals surface area contributed by atoms with Gasteiger partial charge in [0.2, 0.25) is 20.0 Å². The number of amides is 1. The van der Waals surface area contributed by atoms with Crippen molar-refractivity contribution in [2.45, 2.75) is 55.2 Å². The number of rotatable bonds is 8. The predicted octanol–water partition coefficient (Wildman–Crippen LogP) is 4.34. The van der Waals surface area contributed by atoms with E-state index in [0.717, 1.165) is 38.5 Å². The zero-order chi connectivity index (χ0) is 26.6. The van der Waals surface area contributed by atoms with E-state index in [1.807, 2.05) is 0 Å². The summed E-state index contributed by atoms with van der Waals surface area (Å²) in [5, 5.41) is 2.76. The Balaban J connectivity index is 1.64. The van der Waals surface area contributed by atoms with Crippen LogP contribution in [0.3, 0.4) is 0 Å². The molecule has 0 unspecified atom stereocenters. The predicted molar refractivity (Wildman–Crippen MR) is 142 cm³/mol. The number of ether oxygens (including phenoxy) is 1. The number of anilines is 1. The molecule has 37 heavy (non-hydrogen) atoms. The van der Waals surface area contributed by atoms with Crippen LogP contribution in [0.15, 0.2) is 46.2 Å². The molecular formula is C25H32ClN3O6S2. The summed E-state index contributed by atoms with van der Waals surface area (Å²) in [5.74, 6) is -0.379. The Morgan fingerprint density at radius 3 is 1.89 bits per heavy atom. The van der Waals surface area contributed by atoms with Gasteiger partial charge in [-0.2, -0.15) is 8.61 Å². The number of piperidine rings is 2.